The number of halogens is 2. The van der Waals surface area contributed by atoms with E-state index in [1.165, 1.54) is 6.07 Å². The molecule has 0 atom stereocenters. The zero-order valence-corrected chi connectivity index (χ0v) is 9.86. The van der Waals surface area contributed by atoms with E-state index >= 15 is 0 Å². The van der Waals surface area contributed by atoms with Gasteiger partial charge in [-0.1, -0.05) is 17.7 Å². The summed E-state index contributed by atoms with van der Waals surface area (Å²) in [5.41, 5.74) is 1.03. The SMILES string of the molecule is Fc1ccc(CNC2CCNCC2)cc1Cl. The molecular weight excluding hydrogens is 227 g/mol. The topological polar surface area (TPSA) is 24.1 Å². The van der Waals surface area contributed by atoms with Gasteiger partial charge in [0.25, 0.3) is 0 Å². The lowest BCUT2D eigenvalue weighted by atomic mass is 10.1. The normalized spacial score (nSPS) is 17.6. The Labute approximate surface area is 100 Å². The predicted octanol–water partition coefficient (Wildman–Crippen LogP) is 2.32. The maximum atomic E-state index is 12.9. The maximum Gasteiger partial charge on any atom is 0.141 e. The lowest BCUT2D eigenvalue weighted by Gasteiger charge is -2.23. The van der Waals surface area contributed by atoms with Crippen LogP contribution in [0.1, 0.15) is 18.4 Å². The van der Waals surface area contributed by atoms with Crippen molar-refractivity contribution in [1.29, 1.82) is 0 Å². The van der Waals surface area contributed by atoms with Crippen LogP contribution < -0.4 is 10.6 Å². The standard InChI is InChI=1S/C12H16ClFN2/c13-11-7-9(1-2-12(11)14)8-16-10-3-5-15-6-4-10/h1-2,7,10,15-16H,3-6,8H2. The van der Waals surface area contributed by atoms with Gasteiger partial charge < -0.3 is 10.6 Å². The number of hydrogen-bond acceptors (Lipinski definition) is 2. The minimum absolute atomic E-state index is 0.199. The maximum absolute atomic E-state index is 12.9. The molecule has 16 heavy (non-hydrogen) atoms. The highest BCUT2D eigenvalue weighted by Gasteiger charge is 2.11. The molecule has 0 bridgehead atoms. The van der Waals surface area contributed by atoms with E-state index in [9.17, 15) is 4.39 Å². The summed E-state index contributed by atoms with van der Waals surface area (Å²) in [4.78, 5) is 0. The highest BCUT2D eigenvalue weighted by Crippen LogP contribution is 2.16. The molecule has 4 heteroatoms. The van der Waals surface area contributed by atoms with Gasteiger partial charge in [-0.2, -0.15) is 0 Å². The van der Waals surface area contributed by atoms with Crippen molar-refractivity contribution in [3.05, 3.63) is 34.6 Å². The quantitative estimate of drug-likeness (QED) is 0.850. The van der Waals surface area contributed by atoms with Gasteiger partial charge in [-0.15, -0.1) is 0 Å². The zero-order valence-electron chi connectivity index (χ0n) is 9.10. The Bertz CT molecular complexity index is 351. The molecule has 0 radical (unpaired) electrons. The fourth-order valence-electron chi connectivity index (χ4n) is 1.94. The molecule has 1 aliphatic heterocycles. The molecule has 0 unspecified atom stereocenters. The monoisotopic (exact) mass is 242 g/mol. The van der Waals surface area contributed by atoms with Gasteiger partial charge in [0.1, 0.15) is 5.82 Å². The van der Waals surface area contributed by atoms with E-state index in [0.717, 1.165) is 38.0 Å². The molecule has 1 aromatic carbocycles. The Morgan fingerprint density at radius 3 is 2.81 bits per heavy atom. The van der Waals surface area contributed by atoms with Crippen molar-refractivity contribution in [2.75, 3.05) is 13.1 Å². The van der Waals surface area contributed by atoms with Gasteiger partial charge in [0.2, 0.25) is 0 Å². The van der Waals surface area contributed by atoms with Crippen LogP contribution in [0.25, 0.3) is 0 Å². The fourth-order valence-corrected chi connectivity index (χ4v) is 2.14. The van der Waals surface area contributed by atoms with Crippen LogP contribution in [0.3, 0.4) is 0 Å². The summed E-state index contributed by atoms with van der Waals surface area (Å²) in [6.07, 6.45) is 2.30. The van der Waals surface area contributed by atoms with Crippen LogP contribution in [0.2, 0.25) is 5.02 Å². The van der Waals surface area contributed by atoms with E-state index in [1.807, 2.05) is 0 Å². The molecule has 0 aliphatic carbocycles. The minimum atomic E-state index is -0.354. The lowest BCUT2D eigenvalue weighted by Crippen LogP contribution is -2.39. The van der Waals surface area contributed by atoms with Gasteiger partial charge in [-0.05, 0) is 43.6 Å². The average molecular weight is 243 g/mol. The molecule has 1 fully saturated rings. The van der Waals surface area contributed by atoms with Gasteiger partial charge in [0.05, 0.1) is 5.02 Å². The lowest BCUT2D eigenvalue weighted by molar-refractivity contribution is 0.386. The molecule has 0 aromatic heterocycles. The van der Waals surface area contributed by atoms with E-state index in [4.69, 9.17) is 11.6 Å². The number of piperidine rings is 1. The highest BCUT2D eigenvalue weighted by molar-refractivity contribution is 6.30. The van der Waals surface area contributed by atoms with Crippen LogP contribution in [0.4, 0.5) is 4.39 Å². The van der Waals surface area contributed by atoms with Gasteiger partial charge in [-0.3, -0.25) is 0 Å². The third-order valence-corrected chi connectivity index (χ3v) is 3.21. The van der Waals surface area contributed by atoms with Crippen molar-refractivity contribution in [2.24, 2.45) is 0 Å². The molecule has 2 rings (SSSR count). The molecule has 1 saturated heterocycles. The molecule has 2 nitrogen and oxygen atoms in total. The van der Waals surface area contributed by atoms with Gasteiger partial charge >= 0.3 is 0 Å². The smallest absolute Gasteiger partial charge is 0.141 e. The van der Waals surface area contributed by atoms with E-state index in [0.29, 0.717) is 6.04 Å². The van der Waals surface area contributed by atoms with Crippen LogP contribution in [0, 0.1) is 5.82 Å². The Morgan fingerprint density at radius 2 is 2.12 bits per heavy atom. The first-order valence-electron chi connectivity index (χ1n) is 5.64. The van der Waals surface area contributed by atoms with Crippen LogP contribution in [-0.2, 0) is 6.54 Å². The molecule has 0 amide bonds. The van der Waals surface area contributed by atoms with Crippen molar-refractivity contribution in [1.82, 2.24) is 10.6 Å². The van der Waals surface area contributed by atoms with Crippen molar-refractivity contribution >= 4 is 11.6 Å². The van der Waals surface area contributed by atoms with Crippen molar-refractivity contribution in [3.8, 4) is 0 Å². The number of rotatable bonds is 3. The second kappa shape index (κ2) is 5.62. The molecule has 1 aromatic rings. The number of benzene rings is 1. The first-order chi connectivity index (χ1) is 7.75. The van der Waals surface area contributed by atoms with Crippen molar-refractivity contribution < 1.29 is 4.39 Å². The Hall–Kier alpha value is -0.640. The first-order valence-corrected chi connectivity index (χ1v) is 6.01. The van der Waals surface area contributed by atoms with Crippen LogP contribution in [0.15, 0.2) is 18.2 Å². The summed E-state index contributed by atoms with van der Waals surface area (Å²) in [5, 5.41) is 6.98. The molecular formula is C12H16ClFN2. The summed E-state index contributed by atoms with van der Waals surface area (Å²) in [5.74, 6) is -0.354. The zero-order chi connectivity index (χ0) is 11.4. The molecule has 0 saturated carbocycles. The Morgan fingerprint density at radius 1 is 1.38 bits per heavy atom. The van der Waals surface area contributed by atoms with Crippen LogP contribution >= 0.6 is 11.6 Å². The first kappa shape index (κ1) is 11.8. The third-order valence-electron chi connectivity index (χ3n) is 2.92. The fraction of sp³-hybridized carbons (Fsp3) is 0.500. The van der Waals surface area contributed by atoms with E-state index in [2.05, 4.69) is 10.6 Å². The third kappa shape index (κ3) is 3.17. The molecule has 2 N–H and O–H groups in total. The Kier molecular flexibility index (Phi) is 4.16. The number of nitrogens with one attached hydrogen (secondary N) is 2. The molecule has 1 heterocycles. The highest BCUT2D eigenvalue weighted by atomic mass is 35.5. The predicted molar refractivity (Wildman–Crippen MR) is 64.1 cm³/mol. The van der Waals surface area contributed by atoms with E-state index in [-0.39, 0.29) is 10.8 Å². The second-order valence-corrected chi connectivity index (χ2v) is 4.56. The van der Waals surface area contributed by atoms with Crippen molar-refractivity contribution in [3.63, 3.8) is 0 Å². The van der Waals surface area contributed by atoms with Crippen molar-refractivity contribution in [2.45, 2.75) is 25.4 Å². The van der Waals surface area contributed by atoms with E-state index < -0.39 is 0 Å². The Balaban J connectivity index is 1.86. The summed E-state index contributed by atoms with van der Waals surface area (Å²) in [6.45, 7) is 2.90. The van der Waals surface area contributed by atoms with Gasteiger partial charge in [0, 0.05) is 12.6 Å². The summed E-state index contributed by atoms with van der Waals surface area (Å²) < 4.78 is 12.9. The number of hydrogen-bond donors (Lipinski definition) is 2. The average Bonchev–Trinajstić information content (AvgIpc) is 2.32. The minimum Gasteiger partial charge on any atom is -0.317 e. The second-order valence-electron chi connectivity index (χ2n) is 4.15. The van der Waals surface area contributed by atoms with E-state index in [1.54, 1.807) is 12.1 Å². The molecule has 1 aliphatic rings. The van der Waals surface area contributed by atoms with Gasteiger partial charge in [0.15, 0.2) is 0 Å². The van der Waals surface area contributed by atoms with Crippen LogP contribution in [-0.4, -0.2) is 19.1 Å². The summed E-state index contributed by atoms with van der Waals surface area (Å²) >= 11 is 5.72. The molecule has 88 valence electrons. The largest absolute Gasteiger partial charge is 0.317 e. The molecule has 0 spiro atoms. The van der Waals surface area contributed by atoms with Gasteiger partial charge in [-0.25, -0.2) is 4.39 Å². The summed E-state index contributed by atoms with van der Waals surface area (Å²) in [6, 6.07) is 5.44. The van der Waals surface area contributed by atoms with Crippen LogP contribution in [0.5, 0.6) is 0 Å². The summed E-state index contributed by atoms with van der Waals surface area (Å²) in [7, 11) is 0.